The maximum atomic E-state index is 13.4. The lowest BCUT2D eigenvalue weighted by Gasteiger charge is -2.56. The van der Waals surface area contributed by atoms with Gasteiger partial charge in [0.25, 0.3) is 0 Å². The highest BCUT2D eigenvalue weighted by atomic mass is 16.7. The Bertz CT molecular complexity index is 1230. The Hall–Kier alpha value is -1.57. The van der Waals surface area contributed by atoms with E-state index in [1.165, 1.54) is 16.7 Å². The maximum absolute atomic E-state index is 13.4. The first kappa shape index (κ1) is 28.2. The summed E-state index contributed by atoms with van der Waals surface area (Å²) in [5, 5.41) is 12.4. The molecule has 1 spiro atoms. The predicted molar refractivity (Wildman–Crippen MR) is 155 cm³/mol. The summed E-state index contributed by atoms with van der Waals surface area (Å²) < 4.78 is 25.0. The van der Waals surface area contributed by atoms with Crippen molar-refractivity contribution in [2.24, 2.45) is 28.6 Å². The second-order valence-corrected chi connectivity index (χ2v) is 15.3. The Labute approximate surface area is 245 Å². The van der Waals surface area contributed by atoms with Gasteiger partial charge < -0.3 is 24.1 Å². The molecule has 5 fully saturated rings. The normalized spacial score (nSPS) is 44.4. The molecule has 6 aliphatic rings. The lowest BCUT2D eigenvalue weighted by molar-refractivity contribution is -0.329. The predicted octanol–water partition coefficient (Wildman–Crippen LogP) is 6.62. The van der Waals surface area contributed by atoms with Gasteiger partial charge in [-0.05, 0) is 62.0 Å². The van der Waals surface area contributed by atoms with E-state index < -0.39 is 11.4 Å². The number of rotatable bonds is 2. The fraction of sp³-hybridized carbons (Fsp3) is 0.743. The summed E-state index contributed by atoms with van der Waals surface area (Å²) in [6.45, 7) is 12.9. The average Bonchev–Trinajstić information content (AvgIpc) is 3.24. The topological polar surface area (TPSA) is 74.2 Å². The molecular weight excluding hydrogens is 516 g/mol. The minimum absolute atomic E-state index is 0.0293. The van der Waals surface area contributed by atoms with Crippen molar-refractivity contribution in [3.8, 4) is 0 Å². The minimum Gasteiger partial charge on any atom is -0.385 e. The highest BCUT2D eigenvalue weighted by Crippen LogP contribution is 2.64. The third-order valence-electron chi connectivity index (χ3n) is 11.8. The Morgan fingerprint density at radius 2 is 1.63 bits per heavy atom. The zero-order valence-electron chi connectivity index (χ0n) is 25.5. The van der Waals surface area contributed by atoms with Crippen LogP contribution in [0.15, 0.2) is 35.4 Å². The Morgan fingerprint density at radius 3 is 2.34 bits per heavy atom. The molecule has 0 amide bonds. The van der Waals surface area contributed by atoms with Crippen LogP contribution in [-0.4, -0.2) is 48.2 Å². The van der Waals surface area contributed by atoms with Crippen LogP contribution < -0.4 is 0 Å². The van der Waals surface area contributed by atoms with E-state index in [1.807, 2.05) is 0 Å². The van der Waals surface area contributed by atoms with Gasteiger partial charge >= 0.3 is 0 Å². The van der Waals surface area contributed by atoms with E-state index in [4.69, 9.17) is 18.9 Å². The van der Waals surface area contributed by atoms with Gasteiger partial charge in [-0.25, -0.2) is 0 Å². The van der Waals surface area contributed by atoms with Crippen molar-refractivity contribution in [3.05, 3.63) is 46.5 Å². The summed E-state index contributed by atoms with van der Waals surface area (Å²) in [6.07, 6.45) is 5.95. The summed E-state index contributed by atoms with van der Waals surface area (Å²) >= 11 is 0. The molecule has 2 saturated heterocycles. The number of aliphatic hydroxyl groups is 1. The maximum Gasteiger partial charge on any atom is 0.183 e. The van der Waals surface area contributed by atoms with Gasteiger partial charge in [-0.1, -0.05) is 57.5 Å². The number of ether oxygens (including phenoxy) is 4. The number of hydrogen-bond donors (Lipinski definition) is 1. The lowest BCUT2D eigenvalue weighted by atomic mass is 9.51. The average molecular weight is 565 g/mol. The highest BCUT2D eigenvalue weighted by molar-refractivity contribution is 5.87. The van der Waals surface area contributed by atoms with Crippen molar-refractivity contribution in [1.82, 2.24) is 0 Å². The molecule has 7 rings (SSSR count). The quantitative estimate of drug-likeness (QED) is 0.407. The number of fused-ring (bicyclic) bond motifs is 4. The molecule has 3 saturated carbocycles. The van der Waals surface area contributed by atoms with E-state index in [9.17, 15) is 9.90 Å². The second kappa shape index (κ2) is 9.72. The van der Waals surface area contributed by atoms with Crippen LogP contribution in [0.25, 0.3) is 0 Å². The van der Waals surface area contributed by atoms with Crippen LogP contribution in [-0.2, 0) is 23.7 Å². The number of hydrogen-bond acceptors (Lipinski definition) is 6. The molecule has 2 aliphatic heterocycles. The summed E-state index contributed by atoms with van der Waals surface area (Å²) in [7, 11) is 0. The van der Waals surface area contributed by atoms with Gasteiger partial charge in [0.2, 0.25) is 0 Å². The van der Waals surface area contributed by atoms with E-state index in [-0.39, 0.29) is 29.1 Å². The summed E-state index contributed by atoms with van der Waals surface area (Å²) in [5.41, 5.74) is 3.71. The highest BCUT2D eigenvalue weighted by Gasteiger charge is 2.60. The van der Waals surface area contributed by atoms with Crippen molar-refractivity contribution in [3.63, 3.8) is 0 Å². The van der Waals surface area contributed by atoms with Crippen LogP contribution in [0.4, 0.5) is 0 Å². The fourth-order valence-electron chi connectivity index (χ4n) is 9.24. The molecule has 6 nitrogen and oxygen atoms in total. The molecule has 0 aromatic heterocycles. The van der Waals surface area contributed by atoms with Crippen LogP contribution >= 0.6 is 0 Å². The van der Waals surface area contributed by atoms with E-state index in [0.717, 1.165) is 37.7 Å². The monoisotopic (exact) mass is 564 g/mol. The van der Waals surface area contributed by atoms with Crippen molar-refractivity contribution < 1.29 is 28.8 Å². The fourth-order valence-corrected chi connectivity index (χ4v) is 9.24. The number of benzene rings is 1. The largest absolute Gasteiger partial charge is 0.385 e. The van der Waals surface area contributed by atoms with Crippen LogP contribution in [0, 0.1) is 28.6 Å². The standard InChI is InChI=1S/C35H48O6/c1-21-17-40-35(41-22(21)2)15-13-28-30-25(12-14-34(28,37)18-35)27-10-11-29(36)33(27,5)16-26(30)23-6-8-24(9-7-23)31-38-19-32(3,4)20-39-31/h6-9,21-22,25-27,31,37H,10-20H2,1-5H3/t21?,22?,25-,26+,27-,33-,34+,35?/m0/s1. The molecule has 8 atom stereocenters. The molecule has 1 aromatic carbocycles. The molecule has 224 valence electrons. The lowest BCUT2D eigenvalue weighted by Crippen LogP contribution is -2.57. The number of allylic oxidation sites excluding steroid dienone is 1. The van der Waals surface area contributed by atoms with Gasteiger partial charge in [0.15, 0.2) is 12.1 Å². The first-order valence-corrected chi connectivity index (χ1v) is 16.1. The van der Waals surface area contributed by atoms with E-state index in [0.29, 0.717) is 62.6 Å². The minimum atomic E-state index is -0.921. The van der Waals surface area contributed by atoms with Crippen LogP contribution in [0.2, 0.25) is 0 Å². The third-order valence-corrected chi connectivity index (χ3v) is 11.8. The molecule has 6 heteroatoms. The molecule has 1 aromatic rings. The molecule has 3 unspecified atom stereocenters. The van der Waals surface area contributed by atoms with Crippen molar-refractivity contribution >= 4 is 5.78 Å². The molecule has 2 heterocycles. The Morgan fingerprint density at radius 1 is 0.927 bits per heavy atom. The van der Waals surface area contributed by atoms with Gasteiger partial charge in [-0.15, -0.1) is 0 Å². The van der Waals surface area contributed by atoms with Gasteiger partial charge in [0.05, 0.1) is 31.5 Å². The van der Waals surface area contributed by atoms with Crippen molar-refractivity contribution in [1.29, 1.82) is 0 Å². The van der Waals surface area contributed by atoms with Gasteiger partial charge in [-0.2, -0.15) is 0 Å². The zero-order chi connectivity index (χ0) is 28.8. The van der Waals surface area contributed by atoms with Crippen molar-refractivity contribution in [2.75, 3.05) is 19.8 Å². The second-order valence-electron chi connectivity index (χ2n) is 15.3. The summed E-state index contributed by atoms with van der Waals surface area (Å²) in [4.78, 5) is 13.4. The van der Waals surface area contributed by atoms with Gasteiger partial charge in [0, 0.05) is 47.5 Å². The molecule has 4 aliphatic carbocycles. The molecule has 0 radical (unpaired) electrons. The van der Waals surface area contributed by atoms with Crippen LogP contribution in [0.3, 0.4) is 0 Å². The zero-order valence-corrected chi connectivity index (χ0v) is 25.5. The third kappa shape index (κ3) is 4.59. The van der Waals surface area contributed by atoms with Gasteiger partial charge in [-0.3, -0.25) is 4.79 Å². The first-order valence-electron chi connectivity index (χ1n) is 16.1. The number of ketones is 1. The van der Waals surface area contributed by atoms with E-state index in [2.05, 4.69) is 58.9 Å². The molecule has 1 N–H and O–H groups in total. The summed E-state index contributed by atoms with van der Waals surface area (Å²) in [5.74, 6) is 0.903. The Balaban J connectivity index is 1.24. The number of Topliss-reactive ketones (excluding diaryl/α,β-unsaturated/α-hetero) is 1. The summed E-state index contributed by atoms with van der Waals surface area (Å²) in [6, 6.07) is 8.71. The van der Waals surface area contributed by atoms with Crippen molar-refractivity contribution in [2.45, 2.75) is 116 Å². The smallest absolute Gasteiger partial charge is 0.183 e. The molecular formula is C35H48O6. The van der Waals surface area contributed by atoms with E-state index in [1.54, 1.807) is 0 Å². The van der Waals surface area contributed by atoms with E-state index >= 15 is 0 Å². The SMILES string of the molecule is CC1COC2(CCC3=C4[C@@H](CC[C@@]3(O)C2)[C@@H]2CCC(=O)[C@@]2(C)C[C@@H]4c2ccc(C3OCC(C)(C)CO3)cc2)OC1C. The Kier molecular flexibility index (Phi) is 6.69. The molecule has 0 bridgehead atoms. The molecule has 41 heavy (non-hydrogen) atoms. The number of carbonyl (C=O) groups is 1. The number of carbonyl (C=O) groups excluding carboxylic acids is 1. The van der Waals surface area contributed by atoms with Crippen LogP contribution in [0.1, 0.15) is 109 Å². The first-order chi connectivity index (χ1) is 19.4. The van der Waals surface area contributed by atoms with Crippen LogP contribution in [0.5, 0.6) is 0 Å². The van der Waals surface area contributed by atoms with Gasteiger partial charge in [0.1, 0.15) is 5.78 Å².